The van der Waals surface area contributed by atoms with Gasteiger partial charge in [-0.05, 0) is 80.3 Å². The molecule has 2 aliphatic carbocycles. The number of aryl methyl sites for hydroxylation is 2. The summed E-state index contributed by atoms with van der Waals surface area (Å²) in [6.45, 7) is 3.71. The van der Waals surface area contributed by atoms with Crippen molar-refractivity contribution in [2.24, 2.45) is 11.8 Å². The van der Waals surface area contributed by atoms with Crippen molar-refractivity contribution >= 4 is 21.6 Å². The fourth-order valence-corrected chi connectivity index (χ4v) is 6.15. The van der Waals surface area contributed by atoms with Crippen molar-refractivity contribution in [1.29, 1.82) is 0 Å². The van der Waals surface area contributed by atoms with Gasteiger partial charge in [-0.3, -0.25) is 9.10 Å². The smallest absolute Gasteiger partial charge is 0.264 e. The largest absolute Gasteiger partial charge is 0.352 e. The molecule has 5 nitrogen and oxygen atoms in total. The highest BCUT2D eigenvalue weighted by Crippen LogP contribution is 2.44. The Morgan fingerprint density at radius 3 is 2.41 bits per heavy atom. The number of rotatable bonds is 6. The van der Waals surface area contributed by atoms with Crippen LogP contribution in [0, 0.1) is 25.7 Å². The van der Waals surface area contributed by atoms with E-state index < -0.39 is 10.0 Å². The summed E-state index contributed by atoms with van der Waals surface area (Å²) in [5.74, 6) is 1.03. The zero-order chi connectivity index (χ0) is 20.6. The maximum atomic E-state index is 13.4. The molecule has 0 saturated heterocycles. The highest BCUT2D eigenvalue weighted by atomic mass is 32.2. The van der Waals surface area contributed by atoms with E-state index in [0.717, 1.165) is 17.5 Å². The van der Waals surface area contributed by atoms with Gasteiger partial charge in [-0.25, -0.2) is 8.42 Å². The van der Waals surface area contributed by atoms with Crippen molar-refractivity contribution < 1.29 is 13.2 Å². The van der Waals surface area contributed by atoms with Crippen LogP contribution in [0.1, 0.15) is 36.8 Å². The first-order chi connectivity index (χ1) is 13.8. The topological polar surface area (TPSA) is 66.5 Å². The fourth-order valence-electron chi connectivity index (χ4n) is 4.72. The second-order valence-electron chi connectivity index (χ2n) is 8.44. The predicted molar refractivity (Wildman–Crippen MR) is 114 cm³/mol. The maximum absolute atomic E-state index is 13.4. The molecule has 2 bridgehead atoms. The highest BCUT2D eigenvalue weighted by Gasteiger charge is 2.40. The first kappa shape index (κ1) is 20.0. The van der Waals surface area contributed by atoms with Gasteiger partial charge < -0.3 is 5.32 Å². The Morgan fingerprint density at radius 1 is 1.03 bits per heavy atom. The van der Waals surface area contributed by atoms with E-state index in [2.05, 4.69) is 5.32 Å². The standard InChI is InChI=1S/C23H28N2O3S/c1-16-8-11-20(12-17(16)2)25(29(27,28)21-6-4-3-5-7-21)15-23(26)24-22-14-18-9-10-19(22)13-18/h3-8,11-12,18-19,22H,9-10,13-15H2,1-2H3,(H,24,26)/t18-,19+,22-/m1/s1. The number of fused-ring (bicyclic) bond motifs is 2. The van der Waals surface area contributed by atoms with Crippen LogP contribution in [0.2, 0.25) is 0 Å². The van der Waals surface area contributed by atoms with Gasteiger partial charge in [0.2, 0.25) is 5.91 Å². The third-order valence-corrected chi connectivity index (χ3v) is 8.27. The van der Waals surface area contributed by atoms with Gasteiger partial charge in [-0.1, -0.05) is 30.7 Å². The van der Waals surface area contributed by atoms with E-state index in [-0.39, 0.29) is 23.4 Å². The van der Waals surface area contributed by atoms with E-state index in [0.29, 0.717) is 17.5 Å². The summed E-state index contributed by atoms with van der Waals surface area (Å²) in [7, 11) is -3.85. The molecule has 2 aliphatic rings. The van der Waals surface area contributed by atoms with Crippen molar-refractivity contribution in [3.05, 3.63) is 59.7 Å². The van der Waals surface area contributed by atoms with Gasteiger partial charge in [0.05, 0.1) is 10.6 Å². The Bertz CT molecular complexity index is 1000. The van der Waals surface area contributed by atoms with Crippen LogP contribution < -0.4 is 9.62 Å². The number of benzene rings is 2. The fraction of sp³-hybridized carbons (Fsp3) is 0.435. The Morgan fingerprint density at radius 2 is 1.79 bits per heavy atom. The second kappa shape index (κ2) is 7.82. The van der Waals surface area contributed by atoms with E-state index in [1.54, 1.807) is 36.4 Å². The zero-order valence-corrected chi connectivity index (χ0v) is 17.8. The van der Waals surface area contributed by atoms with E-state index in [1.165, 1.54) is 23.6 Å². The van der Waals surface area contributed by atoms with Crippen LogP contribution >= 0.6 is 0 Å². The van der Waals surface area contributed by atoms with Crippen molar-refractivity contribution in [3.8, 4) is 0 Å². The van der Waals surface area contributed by atoms with Gasteiger partial charge in [0.25, 0.3) is 10.0 Å². The minimum atomic E-state index is -3.85. The molecular formula is C23H28N2O3S. The Hall–Kier alpha value is -2.34. The molecule has 6 heteroatoms. The summed E-state index contributed by atoms with van der Waals surface area (Å²) >= 11 is 0. The van der Waals surface area contributed by atoms with Gasteiger partial charge in [0.15, 0.2) is 0 Å². The summed E-state index contributed by atoms with van der Waals surface area (Å²) in [4.78, 5) is 13.1. The van der Waals surface area contributed by atoms with Crippen molar-refractivity contribution in [3.63, 3.8) is 0 Å². The minimum absolute atomic E-state index is 0.183. The molecule has 4 rings (SSSR count). The predicted octanol–water partition coefficient (Wildman–Crippen LogP) is 3.80. The summed E-state index contributed by atoms with van der Waals surface area (Å²) in [6, 6.07) is 14.0. The average Bonchev–Trinajstić information content (AvgIpc) is 3.32. The Kier molecular flexibility index (Phi) is 5.38. The summed E-state index contributed by atoms with van der Waals surface area (Å²) in [5, 5.41) is 3.12. The van der Waals surface area contributed by atoms with Crippen molar-refractivity contribution in [2.45, 2.75) is 50.5 Å². The lowest BCUT2D eigenvalue weighted by molar-refractivity contribution is -0.120. The quantitative estimate of drug-likeness (QED) is 0.785. The molecule has 2 aromatic carbocycles. The highest BCUT2D eigenvalue weighted by molar-refractivity contribution is 7.92. The molecule has 1 amide bonds. The van der Waals surface area contributed by atoms with Crippen LogP contribution in [0.3, 0.4) is 0 Å². The molecule has 0 spiro atoms. The van der Waals surface area contributed by atoms with Gasteiger partial charge in [-0.2, -0.15) is 0 Å². The second-order valence-corrected chi connectivity index (χ2v) is 10.3. The molecule has 0 radical (unpaired) electrons. The van der Waals surface area contributed by atoms with E-state index in [1.807, 2.05) is 26.0 Å². The molecule has 2 saturated carbocycles. The lowest BCUT2D eigenvalue weighted by Crippen LogP contribution is -2.46. The number of nitrogens with one attached hydrogen (secondary N) is 1. The van der Waals surface area contributed by atoms with Gasteiger partial charge >= 0.3 is 0 Å². The van der Waals surface area contributed by atoms with Crippen LogP contribution in [0.4, 0.5) is 5.69 Å². The number of amides is 1. The molecule has 2 fully saturated rings. The van der Waals surface area contributed by atoms with Gasteiger partial charge in [-0.15, -0.1) is 0 Å². The number of carbonyl (C=O) groups excluding carboxylic acids is 1. The lowest BCUT2D eigenvalue weighted by atomic mass is 9.95. The first-order valence-electron chi connectivity index (χ1n) is 10.3. The number of carbonyl (C=O) groups is 1. The SMILES string of the molecule is Cc1ccc(N(CC(=O)N[C@@H]2C[C@@H]3CC[C@H]2C3)S(=O)(=O)c2ccccc2)cc1C. The third-order valence-electron chi connectivity index (χ3n) is 6.48. The molecule has 0 heterocycles. The monoisotopic (exact) mass is 412 g/mol. The number of hydrogen-bond acceptors (Lipinski definition) is 3. The van der Waals surface area contributed by atoms with Crippen LogP contribution in [-0.4, -0.2) is 26.9 Å². The number of sulfonamides is 1. The molecule has 1 N–H and O–H groups in total. The summed E-state index contributed by atoms with van der Waals surface area (Å²) in [5.41, 5.74) is 2.58. The van der Waals surface area contributed by atoms with Crippen molar-refractivity contribution in [2.75, 3.05) is 10.8 Å². The summed E-state index contributed by atoms with van der Waals surface area (Å²) in [6.07, 6.45) is 4.63. The van der Waals surface area contributed by atoms with Gasteiger partial charge in [0.1, 0.15) is 6.54 Å². The first-order valence-corrected chi connectivity index (χ1v) is 11.7. The van der Waals surface area contributed by atoms with E-state index in [9.17, 15) is 13.2 Å². The number of hydrogen-bond donors (Lipinski definition) is 1. The van der Waals surface area contributed by atoms with Gasteiger partial charge in [0, 0.05) is 6.04 Å². The van der Waals surface area contributed by atoms with Crippen molar-refractivity contribution in [1.82, 2.24) is 5.32 Å². The molecule has 0 aliphatic heterocycles. The van der Waals surface area contributed by atoms with Crippen LogP contribution in [0.15, 0.2) is 53.4 Å². The lowest BCUT2D eigenvalue weighted by Gasteiger charge is -2.27. The average molecular weight is 413 g/mol. The minimum Gasteiger partial charge on any atom is -0.352 e. The molecule has 154 valence electrons. The summed E-state index contributed by atoms with van der Waals surface area (Å²) < 4.78 is 28.0. The van der Waals surface area contributed by atoms with E-state index in [4.69, 9.17) is 0 Å². The van der Waals surface area contributed by atoms with E-state index >= 15 is 0 Å². The molecule has 0 unspecified atom stereocenters. The van der Waals surface area contributed by atoms with Crippen LogP contribution in [0.25, 0.3) is 0 Å². The normalized spacial score (nSPS) is 23.2. The Labute approximate surface area is 173 Å². The van der Waals surface area contributed by atoms with Crippen LogP contribution in [-0.2, 0) is 14.8 Å². The van der Waals surface area contributed by atoms with Crippen LogP contribution in [0.5, 0.6) is 0 Å². The molecule has 0 aromatic heterocycles. The number of anilines is 1. The zero-order valence-electron chi connectivity index (χ0n) is 17.0. The maximum Gasteiger partial charge on any atom is 0.264 e. The molecular weight excluding hydrogens is 384 g/mol. The molecule has 29 heavy (non-hydrogen) atoms. The number of nitrogens with zero attached hydrogens (tertiary/aromatic N) is 1. The third kappa shape index (κ3) is 4.04. The Balaban J connectivity index is 1.61. The molecule has 3 atom stereocenters. The molecule has 2 aromatic rings.